The SMILES string of the molecule is C[C@H]1CCCC[C@@H]1NC(=O)c1cccc(Cl)c1. The number of amides is 1. The van der Waals surface area contributed by atoms with Gasteiger partial charge >= 0.3 is 0 Å². The summed E-state index contributed by atoms with van der Waals surface area (Å²) < 4.78 is 0. The zero-order valence-electron chi connectivity index (χ0n) is 10.1. The maximum Gasteiger partial charge on any atom is 0.251 e. The first-order valence-corrected chi connectivity index (χ1v) is 6.61. The molecule has 92 valence electrons. The van der Waals surface area contributed by atoms with Crippen molar-refractivity contribution in [1.29, 1.82) is 0 Å². The van der Waals surface area contributed by atoms with Gasteiger partial charge in [0.2, 0.25) is 0 Å². The van der Waals surface area contributed by atoms with E-state index in [0.29, 0.717) is 22.5 Å². The molecule has 1 N–H and O–H groups in total. The largest absolute Gasteiger partial charge is 0.349 e. The molecule has 0 bridgehead atoms. The molecule has 1 aromatic rings. The maximum atomic E-state index is 12.0. The van der Waals surface area contributed by atoms with Crippen LogP contribution in [0.3, 0.4) is 0 Å². The maximum absolute atomic E-state index is 12.0. The minimum Gasteiger partial charge on any atom is -0.349 e. The van der Waals surface area contributed by atoms with E-state index in [2.05, 4.69) is 12.2 Å². The van der Waals surface area contributed by atoms with Crippen molar-refractivity contribution in [3.05, 3.63) is 34.9 Å². The van der Waals surface area contributed by atoms with Gasteiger partial charge in [-0.05, 0) is 37.0 Å². The molecule has 3 heteroatoms. The van der Waals surface area contributed by atoms with Crippen molar-refractivity contribution in [3.63, 3.8) is 0 Å². The average Bonchev–Trinajstić information content (AvgIpc) is 2.32. The Morgan fingerprint density at radius 3 is 2.82 bits per heavy atom. The third-order valence-corrected chi connectivity index (χ3v) is 3.75. The normalized spacial score (nSPS) is 24.4. The van der Waals surface area contributed by atoms with E-state index in [9.17, 15) is 4.79 Å². The fourth-order valence-corrected chi connectivity index (χ4v) is 2.60. The molecule has 1 saturated carbocycles. The molecule has 2 nitrogen and oxygen atoms in total. The van der Waals surface area contributed by atoms with Crippen molar-refractivity contribution in [2.45, 2.75) is 38.6 Å². The van der Waals surface area contributed by atoms with Crippen LogP contribution in [-0.4, -0.2) is 11.9 Å². The van der Waals surface area contributed by atoms with Gasteiger partial charge in [-0.3, -0.25) is 4.79 Å². The number of benzene rings is 1. The molecule has 1 aliphatic rings. The van der Waals surface area contributed by atoms with E-state index in [1.165, 1.54) is 19.3 Å². The summed E-state index contributed by atoms with van der Waals surface area (Å²) in [6.45, 7) is 2.21. The van der Waals surface area contributed by atoms with Crippen molar-refractivity contribution >= 4 is 17.5 Å². The Hall–Kier alpha value is -1.02. The minimum atomic E-state index is -0.00810. The van der Waals surface area contributed by atoms with E-state index >= 15 is 0 Å². The number of hydrogen-bond donors (Lipinski definition) is 1. The summed E-state index contributed by atoms with van der Waals surface area (Å²) in [6.07, 6.45) is 4.80. The summed E-state index contributed by atoms with van der Waals surface area (Å²) in [7, 11) is 0. The number of halogens is 1. The highest BCUT2D eigenvalue weighted by Gasteiger charge is 2.23. The van der Waals surface area contributed by atoms with Crippen LogP contribution in [0.1, 0.15) is 43.0 Å². The van der Waals surface area contributed by atoms with Gasteiger partial charge in [-0.25, -0.2) is 0 Å². The predicted molar refractivity (Wildman–Crippen MR) is 70.3 cm³/mol. The van der Waals surface area contributed by atoms with Crippen molar-refractivity contribution in [3.8, 4) is 0 Å². The molecule has 1 aliphatic carbocycles. The topological polar surface area (TPSA) is 29.1 Å². The van der Waals surface area contributed by atoms with Crippen LogP contribution in [0, 0.1) is 5.92 Å². The summed E-state index contributed by atoms with van der Waals surface area (Å²) in [4.78, 5) is 12.0. The monoisotopic (exact) mass is 251 g/mol. The van der Waals surface area contributed by atoms with Crippen LogP contribution >= 0.6 is 11.6 Å². The van der Waals surface area contributed by atoms with Gasteiger partial charge in [-0.15, -0.1) is 0 Å². The summed E-state index contributed by atoms with van der Waals surface area (Å²) in [5.74, 6) is 0.568. The van der Waals surface area contributed by atoms with Gasteiger partial charge in [0, 0.05) is 16.6 Å². The third-order valence-electron chi connectivity index (χ3n) is 3.51. The van der Waals surface area contributed by atoms with Crippen molar-refractivity contribution in [2.24, 2.45) is 5.92 Å². The van der Waals surface area contributed by atoms with Crippen molar-refractivity contribution in [2.75, 3.05) is 0 Å². The Bertz CT molecular complexity index is 405. The quantitative estimate of drug-likeness (QED) is 0.854. The van der Waals surface area contributed by atoms with Crippen LogP contribution < -0.4 is 5.32 Å². The lowest BCUT2D eigenvalue weighted by atomic mass is 9.86. The summed E-state index contributed by atoms with van der Waals surface area (Å²) in [5.41, 5.74) is 0.648. The molecule has 0 unspecified atom stereocenters. The van der Waals surface area contributed by atoms with Gasteiger partial charge in [0.25, 0.3) is 5.91 Å². The Morgan fingerprint density at radius 1 is 1.35 bits per heavy atom. The van der Waals surface area contributed by atoms with E-state index in [1.807, 2.05) is 6.07 Å². The van der Waals surface area contributed by atoms with E-state index in [1.54, 1.807) is 18.2 Å². The zero-order valence-corrected chi connectivity index (χ0v) is 10.8. The molecular formula is C14H18ClNO. The molecule has 0 saturated heterocycles. The second-order valence-electron chi connectivity index (χ2n) is 4.85. The van der Waals surface area contributed by atoms with Gasteiger partial charge in [-0.1, -0.05) is 37.4 Å². The van der Waals surface area contributed by atoms with E-state index in [-0.39, 0.29) is 5.91 Å². The summed E-state index contributed by atoms with van der Waals surface area (Å²) in [5, 5.41) is 3.72. The number of carbonyl (C=O) groups excluding carboxylic acids is 1. The van der Waals surface area contributed by atoms with Crippen LogP contribution in [0.2, 0.25) is 5.02 Å². The number of hydrogen-bond acceptors (Lipinski definition) is 1. The fourth-order valence-electron chi connectivity index (χ4n) is 2.41. The molecule has 0 heterocycles. The summed E-state index contributed by atoms with van der Waals surface area (Å²) >= 11 is 5.88. The molecule has 1 amide bonds. The van der Waals surface area contributed by atoms with Gasteiger partial charge in [-0.2, -0.15) is 0 Å². The molecule has 17 heavy (non-hydrogen) atoms. The number of nitrogens with one attached hydrogen (secondary N) is 1. The summed E-state index contributed by atoms with van der Waals surface area (Å²) in [6, 6.07) is 7.41. The first-order chi connectivity index (χ1) is 8.16. The van der Waals surface area contributed by atoms with Crippen molar-refractivity contribution < 1.29 is 4.79 Å². The van der Waals surface area contributed by atoms with Crippen LogP contribution in [0.15, 0.2) is 24.3 Å². The van der Waals surface area contributed by atoms with Crippen LogP contribution in [-0.2, 0) is 0 Å². The molecule has 0 spiro atoms. The van der Waals surface area contributed by atoms with Gasteiger partial charge in [0.1, 0.15) is 0 Å². The lowest BCUT2D eigenvalue weighted by Gasteiger charge is -2.29. The number of carbonyl (C=O) groups is 1. The molecule has 0 aliphatic heterocycles. The first kappa shape index (κ1) is 12.4. The minimum absolute atomic E-state index is 0.00810. The highest BCUT2D eigenvalue weighted by Crippen LogP contribution is 2.24. The first-order valence-electron chi connectivity index (χ1n) is 6.23. The molecular weight excluding hydrogens is 234 g/mol. The lowest BCUT2D eigenvalue weighted by Crippen LogP contribution is -2.41. The van der Waals surface area contributed by atoms with E-state index in [4.69, 9.17) is 11.6 Å². The Kier molecular flexibility index (Phi) is 4.06. The molecule has 0 radical (unpaired) electrons. The molecule has 0 aromatic heterocycles. The number of rotatable bonds is 2. The van der Waals surface area contributed by atoms with Gasteiger partial charge < -0.3 is 5.32 Å². The third kappa shape index (κ3) is 3.22. The standard InChI is InChI=1S/C14H18ClNO/c1-10-5-2-3-8-13(10)16-14(17)11-6-4-7-12(15)9-11/h4,6-7,9-10,13H,2-3,5,8H2,1H3,(H,16,17)/t10-,13-/m0/s1. The Balaban J connectivity index is 2.01. The molecule has 1 aromatic carbocycles. The second kappa shape index (κ2) is 5.54. The van der Waals surface area contributed by atoms with Crippen LogP contribution in [0.5, 0.6) is 0 Å². The average molecular weight is 252 g/mol. The van der Waals surface area contributed by atoms with E-state index in [0.717, 1.165) is 6.42 Å². The highest BCUT2D eigenvalue weighted by atomic mass is 35.5. The van der Waals surface area contributed by atoms with Crippen molar-refractivity contribution in [1.82, 2.24) is 5.32 Å². The zero-order chi connectivity index (χ0) is 12.3. The Morgan fingerprint density at radius 2 is 2.12 bits per heavy atom. The smallest absolute Gasteiger partial charge is 0.251 e. The van der Waals surface area contributed by atoms with Gasteiger partial charge in [0.15, 0.2) is 0 Å². The predicted octanol–water partition coefficient (Wildman–Crippen LogP) is 3.65. The Labute approximate surface area is 107 Å². The van der Waals surface area contributed by atoms with E-state index < -0.39 is 0 Å². The fraction of sp³-hybridized carbons (Fsp3) is 0.500. The van der Waals surface area contributed by atoms with Crippen LogP contribution in [0.25, 0.3) is 0 Å². The lowest BCUT2D eigenvalue weighted by molar-refractivity contribution is 0.0910. The van der Waals surface area contributed by atoms with Crippen LogP contribution in [0.4, 0.5) is 0 Å². The second-order valence-corrected chi connectivity index (χ2v) is 5.29. The molecule has 2 rings (SSSR count). The highest BCUT2D eigenvalue weighted by molar-refractivity contribution is 6.30. The molecule has 2 atom stereocenters. The van der Waals surface area contributed by atoms with Gasteiger partial charge in [0.05, 0.1) is 0 Å². The molecule has 1 fully saturated rings.